The summed E-state index contributed by atoms with van der Waals surface area (Å²) in [4.78, 5) is 0. The first-order valence-electron chi connectivity index (χ1n) is 3.14. The summed E-state index contributed by atoms with van der Waals surface area (Å²) < 4.78 is 12.8. The molecular formula is C6H10FN. The summed E-state index contributed by atoms with van der Waals surface area (Å²) in [6.45, 7) is 0. The molecule has 0 amide bonds. The molecule has 0 aromatic heterocycles. The molecule has 3 saturated carbocycles. The lowest BCUT2D eigenvalue weighted by Crippen LogP contribution is -2.31. The van der Waals surface area contributed by atoms with E-state index < -0.39 is 5.67 Å². The van der Waals surface area contributed by atoms with Gasteiger partial charge in [0.15, 0.2) is 0 Å². The number of alkyl halides is 1. The van der Waals surface area contributed by atoms with Crippen LogP contribution in [0.15, 0.2) is 0 Å². The summed E-state index contributed by atoms with van der Waals surface area (Å²) in [5.74, 6) is 0.528. The maximum absolute atomic E-state index is 12.8. The van der Waals surface area contributed by atoms with Crippen molar-refractivity contribution in [2.24, 2.45) is 11.7 Å². The standard InChI is InChI=1S/C6H10FN/c7-6-1-4(2-6)5(8)3-6/h4-5H,1-3,8H2. The van der Waals surface area contributed by atoms with Gasteiger partial charge in [-0.2, -0.15) is 0 Å². The minimum atomic E-state index is -0.815. The van der Waals surface area contributed by atoms with Crippen LogP contribution in [0.3, 0.4) is 0 Å². The molecule has 0 aromatic carbocycles. The average Bonchev–Trinajstić information content (AvgIpc) is 1.88. The molecular weight excluding hydrogens is 105 g/mol. The van der Waals surface area contributed by atoms with E-state index in [2.05, 4.69) is 0 Å². The Labute approximate surface area is 48.1 Å². The van der Waals surface area contributed by atoms with Gasteiger partial charge in [0.1, 0.15) is 5.67 Å². The van der Waals surface area contributed by atoms with Gasteiger partial charge in [-0.3, -0.25) is 0 Å². The van der Waals surface area contributed by atoms with Gasteiger partial charge in [-0.15, -0.1) is 0 Å². The van der Waals surface area contributed by atoms with Gasteiger partial charge in [0.25, 0.3) is 0 Å². The number of hydrogen-bond acceptors (Lipinski definition) is 1. The number of hydrogen-bond donors (Lipinski definition) is 1. The summed E-state index contributed by atoms with van der Waals surface area (Å²) in [6, 6.07) is 0.181. The molecule has 0 heterocycles. The Hall–Kier alpha value is -0.110. The highest BCUT2D eigenvalue weighted by Crippen LogP contribution is 2.53. The number of nitrogens with two attached hydrogens (primary N) is 1. The lowest BCUT2D eigenvalue weighted by atomic mass is 9.81. The fourth-order valence-electron chi connectivity index (χ4n) is 1.94. The van der Waals surface area contributed by atoms with Crippen LogP contribution in [0.1, 0.15) is 19.3 Å². The van der Waals surface area contributed by atoms with Crippen LogP contribution in [0.2, 0.25) is 0 Å². The zero-order valence-electron chi connectivity index (χ0n) is 4.73. The minimum Gasteiger partial charge on any atom is -0.327 e. The molecule has 3 aliphatic carbocycles. The molecule has 46 valence electrons. The first-order valence-corrected chi connectivity index (χ1v) is 3.14. The monoisotopic (exact) mass is 115 g/mol. The fraction of sp³-hybridized carbons (Fsp3) is 1.00. The first-order chi connectivity index (χ1) is 3.70. The highest BCUT2D eigenvalue weighted by Gasteiger charge is 2.55. The van der Waals surface area contributed by atoms with E-state index in [0.717, 1.165) is 12.8 Å². The van der Waals surface area contributed by atoms with Crippen LogP contribution in [-0.4, -0.2) is 11.7 Å². The van der Waals surface area contributed by atoms with E-state index in [9.17, 15) is 4.39 Å². The third-order valence-electron chi connectivity index (χ3n) is 2.46. The fourth-order valence-corrected chi connectivity index (χ4v) is 1.94. The third kappa shape index (κ3) is 0.395. The molecule has 3 aliphatic rings. The molecule has 2 heteroatoms. The van der Waals surface area contributed by atoms with Gasteiger partial charge in [0, 0.05) is 6.04 Å². The smallest absolute Gasteiger partial charge is 0.113 e. The van der Waals surface area contributed by atoms with E-state index >= 15 is 0 Å². The van der Waals surface area contributed by atoms with Crippen molar-refractivity contribution in [1.82, 2.24) is 0 Å². The van der Waals surface area contributed by atoms with Crippen LogP contribution < -0.4 is 5.73 Å². The molecule has 1 nitrogen and oxygen atoms in total. The molecule has 1 atom stereocenters. The summed E-state index contributed by atoms with van der Waals surface area (Å²) in [7, 11) is 0. The minimum absolute atomic E-state index is 0.181. The molecule has 0 spiro atoms. The summed E-state index contributed by atoms with van der Waals surface area (Å²) in [5, 5.41) is 0. The molecule has 3 rings (SSSR count). The average molecular weight is 115 g/mol. The highest BCUT2D eigenvalue weighted by atomic mass is 19.1. The first kappa shape index (κ1) is 4.74. The highest BCUT2D eigenvalue weighted by molar-refractivity contribution is 5.08. The predicted octanol–water partition coefficient (Wildman–Crippen LogP) is 0.836. The topological polar surface area (TPSA) is 26.0 Å². The second-order valence-electron chi connectivity index (χ2n) is 3.19. The van der Waals surface area contributed by atoms with E-state index in [1.54, 1.807) is 0 Å². The van der Waals surface area contributed by atoms with Gasteiger partial charge in [-0.1, -0.05) is 0 Å². The molecule has 1 unspecified atom stereocenters. The van der Waals surface area contributed by atoms with Crippen LogP contribution in [0.5, 0.6) is 0 Å². The molecule has 2 N–H and O–H groups in total. The maximum atomic E-state index is 12.8. The van der Waals surface area contributed by atoms with Crippen molar-refractivity contribution in [3.63, 3.8) is 0 Å². The van der Waals surface area contributed by atoms with Crippen LogP contribution in [0, 0.1) is 5.92 Å². The summed E-state index contributed by atoms with van der Waals surface area (Å²) >= 11 is 0. The van der Waals surface area contributed by atoms with Gasteiger partial charge < -0.3 is 5.73 Å². The molecule has 3 fully saturated rings. The quantitative estimate of drug-likeness (QED) is 0.497. The predicted molar refractivity (Wildman–Crippen MR) is 29.2 cm³/mol. The molecule has 0 radical (unpaired) electrons. The number of halogens is 1. The van der Waals surface area contributed by atoms with Crippen LogP contribution >= 0.6 is 0 Å². The Morgan fingerprint density at radius 1 is 1.38 bits per heavy atom. The molecule has 8 heavy (non-hydrogen) atoms. The number of fused-ring (bicyclic) bond motifs is 1. The lowest BCUT2D eigenvalue weighted by Gasteiger charge is -2.29. The van der Waals surface area contributed by atoms with Gasteiger partial charge in [-0.25, -0.2) is 4.39 Å². The van der Waals surface area contributed by atoms with Crippen molar-refractivity contribution in [2.75, 3.05) is 0 Å². The normalized spacial score (nSPS) is 60.8. The van der Waals surface area contributed by atoms with E-state index in [0.29, 0.717) is 12.3 Å². The molecule has 0 saturated heterocycles. The summed E-state index contributed by atoms with van der Waals surface area (Å²) in [5.41, 5.74) is 4.75. The van der Waals surface area contributed by atoms with Gasteiger partial charge in [-0.05, 0) is 25.2 Å². The Balaban J connectivity index is 2.17. The zero-order chi connectivity index (χ0) is 5.78. The summed E-state index contributed by atoms with van der Waals surface area (Å²) in [6.07, 6.45) is 2.11. The molecule has 0 aliphatic heterocycles. The second-order valence-corrected chi connectivity index (χ2v) is 3.19. The largest absolute Gasteiger partial charge is 0.327 e. The second kappa shape index (κ2) is 1.08. The SMILES string of the molecule is NC1CC2(F)CC1C2. The van der Waals surface area contributed by atoms with Crippen LogP contribution in [0.25, 0.3) is 0 Å². The van der Waals surface area contributed by atoms with Crippen molar-refractivity contribution in [1.29, 1.82) is 0 Å². The van der Waals surface area contributed by atoms with E-state index in [1.807, 2.05) is 0 Å². The van der Waals surface area contributed by atoms with Gasteiger partial charge in [0.2, 0.25) is 0 Å². The van der Waals surface area contributed by atoms with Crippen molar-refractivity contribution >= 4 is 0 Å². The van der Waals surface area contributed by atoms with E-state index in [4.69, 9.17) is 5.73 Å². The lowest BCUT2D eigenvalue weighted by molar-refractivity contribution is 0.0754. The Kier molecular flexibility index (Phi) is 0.639. The Morgan fingerprint density at radius 3 is 2.12 bits per heavy atom. The van der Waals surface area contributed by atoms with Gasteiger partial charge >= 0.3 is 0 Å². The maximum Gasteiger partial charge on any atom is 0.113 e. The van der Waals surface area contributed by atoms with E-state index in [1.165, 1.54) is 0 Å². The zero-order valence-corrected chi connectivity index (χ0v) is 4.73. The van der Waals surface area contributed by atoms with Crippen molar-refractivity contribution in [3.05, 3.63) is 0 Å². The van der Waals surface area contributed by atoms with Crippen LogP contribution in [-0.2, 0) is 0 Å². The Bertz CT molecular complexity index is 118. The van der Waals surface area contributed by atoms with Crippen molar-refractivity contribution < 1.29 is 4.39 Å². The molecule has 2 bridgehead atoms. The van der Waals surface area contributed by atoms with Crippen molar-refractivity contribution in [3.8, 4) is 0 Å². The molecule has 0 aromatic rings. The van der Waals surface area contributed by atoms with Gasteiger partial charge in [0.05, 0.1) is 0 Å². The van der Waals surface area contributed by atoms with Crippen molar-refractivity contribution in [2.45, 2.75) is 31.0 Å². The van der Waals surface area contributed by atoms with E-state index in [-0.39, 0.29) is 6.04 Å². The van der Waals surface area contributed by atoms with Crippen LogP contribution in [0.4, 0.5) is 4.39 Å². The third-order valence-corrected chi connectivity index (χ3v) is 2.46. The Morgan fingerprint density at radius 2 is 2.00 bits per heavy atom. The number of rotatable bonds is 0.